The van der Waals surface area contributed by atoms with Crippen molar-refractivity contribution in [3.8, 4) is 11.5 Å². The summed E-state index contributed by atoms with van der Waals surface area (Å²) in [6, 6.07) is 11.2. The number of hydrogen-bond donors (Lipinski definition) is 2. The van der Waals surface area contributed by atoms with Crippen LogP contribution in [0.15, 0.2) is 52.3 Å². The predicted molar refractivity (Wildman–Crippen MR) is 102 cm³/mol. The molecule has 0 aliphatic carbocycles. The highest BCUT2D eigenvalue weighted by atomic mass is 79.9. The van der Waals surface area contributed by atoms with Crippen LogP contribution in [0.3, 0.4) is 0 Å². The Balaban J connectivity index is 1.69. The standard InChI is InChI=1S/C17H13BrN6O2/c1-26-14-7-10(6-13(18)15(14)25)8-19-21-16-11-4-2-3-5-12(11)17-22-20-9-24(17)23-16/h2-9,25H,1H3,(H,21,23). The monoisotopic (exact) mass is 412 g/mol. The van der Waals surface area contributed by atoms with Crippen LogP contribution in [0.2, 0.25) is 0 Å². The Morgan fingerprint density at radius 2 is 2.08 bits per heavy atom. The van der Waals surface area contributed by atoms with Crippen molar-refractivity contribution in [1.29, 1.82) is 0 Å². The number of phenolic OH excluding ortho intramolecular Hbond substituents is 1. The van der Waals surface area contributed by atoms with E-state index in [0.29, 0.717) is 21.7 Å². The molecule has 2 aromatic carbocycles. The van der Waals surface area contributed by atoms with Crippen molar-refractivity contribution in [3.63, 3.8) is 0 Å². The lowest BCUT2D eigenvalue weighted by atomic mass is 10.2. The summed E-state index contributed by atoms with van der Waals surface area (Å²) < 4.78 is 7.26. The quantitative estimate of drug-likeness (QED) is 0.394. The van der Waals surface area contributed by atoms with Crippen LogP contribution in [-0.4, -0.2) is 38.2 Å². The van der Waals surface area contributed by atoms with Crippen molar-refractivity contribution in [2.75, 3.05) is 12.5 Å². The summed E-state index contributed by atoms with van der Waals surface area (Å²) >= 11 is 3.29. The van der Waals surface area contributed by atoms with Crippen LogP contribution in [0.4, 0.5) is 5.82 Å². The van der Waals surface area contributed by atoms with Crippen LogP contribution in [0.25, 0.3) is 16.4 Å². The first kappa shape index (κ1) is 16.3. The number of anilines is 1. The fourth-order valence-corrected chi connectivity index (χ4v) is 3.06. The fourth-order valence-electron chi connectivity index (χ4n) is 2.60. The minimum absolute atomic E-state index is 0.0447. The number of hydrogen-bond acceptors (Lipinski definition) is 7. The van der Waals surface area contributed by atoms with Gasteiger partial charge in [0, 0.05) is 10.8 Å². The van der Waals surface area contributed by atoms with Gasteiger partial charge in [-0.25, -0.2) is 0 Å². The van der Waals surface area contributed by atoms with Crippen molar-refractivity contribution >= 4 is 44.4 Å². The summed E-state index contributed by atoms with van der Waals surface area (Å²) in [4.78, 5) is 0. The summed E-state index contributed by atoms with van der Waals surface area (Å²) in [5.74, 6) is 0.979. The number of ether oxygens (including phenoxy) is 1. The highest BCUT2D eigenvalue weighted by Crippen LogP contribution is 2.34. The van der Waals surface area contributed by atoms with E-state index in [2.05, 4.69) is 41.8 Å². The van der Waals surface area contributed by atoms with Crippen molar-refractivity contribution in [1.82, 2.24) is 19.8 Å². The molecule has 26 heavy (non-hydrogen) atoms. The molecule has 0 unspecified atom stereocenters. The predicted octanol–water partition coefficient (Wildman–Crippen LogP) is 3.20. The number of rotatable bonds is 4. The molecule has 0 fully saturated rings. The van der Waals surface area contributed by atoms with Gasteiger partial charge in [0.2, 0.25) is 0 Å². The molecule has 2 N–H and O–H groups in total. The number of halogens is 1. The van der Waals surface area contributed by atoms with E-state index in [1.54, 1.807) is 29.2 Å². The van der Waals surface area contributed by atoms with E-state index in [0.717, 1.165) is 16.3 Å². The van der Waals surface area contributed by atoms with E-state index in [1.807, 2.05) is 24.3 Å². The normalized spacial score (nSPS) is 11.5. The van der Waals surface area contributed by atoms with Crippen molar-refractivity contribution in [3.05, 3.63) is 52.8 Å². The molecule has 0 spiro atoms. The average Bonchev–Trinajstić information content (AvgIpc) is 3.13. The van der Waals surface area contributed by atoms with E-state index >= 15 is 0 Å². The Bertz CT molecular complexity index is 1140. The molecule has 0 saturated carbocycles. The zero-order valence-electron chi connectivity index (χ0n) is 13.6. The largest absolute Gasteiger partial charge is 0.503 e. The Labute approximate surface area is 156 Å². The molecule has 130 valence electrons. The van der Waals surface area contributed by atoms with E-state index in [9.17, 15) is 5.11 Å². The lowest BCUT2D eigenvalue weighted by molar-refractivity contribution is 0.372. The van der Waals surface area contributed by atoms with Gasteiger partial charge < -0.3 is 9.84 Å². The molecule has 0 amide bonds. The molecule has 0 aliphatic heterocycles. The lowest BCUT2D eigenvalue weighted by Gasteiger charge is -2.07. The molecular weight excluding hydrogens is 400 g/mol. The van der Waals surface area contributed by atoms with Crippen LogP contribution >= 0.6 is 15.9 Å². The molecule has 2 heterocycles. The van der Waals surface area contributed by atoms with Gasteiger partial charge in [0.05, 0.1) is 17.8 Å². The van der Waals surface area contributed by atoms with Gasteiger partial charge in [0.25, 0.3) is 0 Å². The Kier molecular flexibility index (Phi) is 4.13. The number of aromatic hydroxyl groups is 1. The minimum atomic E-state index is 0.0447. The molecule has 4 rings (SSSR count). The number of benzene rings is 2. The van der Waals surface area contributed by atoms with Gasteiger partial charge in [-0.1, -0.05) is 24.3 Å². The average molecular weight is 413 g/mol. The fraction of sp³-hybridized carbons (Fsp3) is 0.0588. The molecule has 4 aromatic rings. The third-order valence-corrected chi connectivity index (χ3v) is 4.42. The van der Waals surface area contributed by atoms with Crippen molar-refractivity contribution < 1.29 is 9.84 Å². The Hall–Kier alpha value is -3.20. The van der Waals surface area contributed by atoms with Gasteiger partial charge in [-0.05, 0) is 33.6 Å². The van der Waals surface area contributed by atoms with E-state index in [1.165, 1.54) is 7.11 Å². The first-order chi connectivity index (χ1) is 12.7. The molecule has 0 atom stereocenters. The Morgan fingerprint density at radius 3 is 2.88 bits per heavy atom. The van der Waals surface area contributed by atoms with Crippen molar-refractivity contribution in [2.24, 2.45) is 5.10 Å². The highest BCUT2D eigenvalue weighted by Gasteiger charge is 2.10. The number of phenols is 1. The summed E-state index contributed by atoms with van der Waals surface area (Å²) in [5, 5.41) is 28.4. The number of nitrogens with zero attached hydrogens (tertiary/aromatic N) is 5. The van der Waals surface area contributed by atoms with Gasteiger partial charge in [-0.15, -0.1) is 15.3 Å². The number of aromatic nitrogens is 4. The maximum Gasteiger partial charge on any atom is 0.185 e. The lowest BCUT2D eigenvalue weighted by Crippen LogP contribution is -2.00. The van der Waals surface area contributed by atoms with Crippen LogP contribution < -0.4 is 10.2 Å². The number of fused-ring (bicyclic) bond motifs is 3. The third kappa shape index (κ3) is 2.82. The van der Waals surface area contributed by atoms with Crippen LogP contribution in [0.5, 0.6) is 11.5 Å². The number of hydrazone groups is 1. The molecule has 8 nitrogen and oxygen atoms in total. The van der Waals surface area contributed by atoms with Gasteiger partial charge in [-0.3, -0.25) is 5.43 Å². The van der Waals surface area contributed by atoms with Crippen LogP contribution in [-0.2, 0) is 0 Å². The minimum Gasteiger partial charge on any atom is -0.503 e. The second kappa shape index (κ2) is 6.60. The topological polar surface area (TPSA) is 96.9 Å². The van der Waals surface area contributed by atoms with E-state index in [4.69, 9.17) is 4.74 Å². The molecule has 9 heteroatoms. The maximum absolute atomic E-state index is 9.87. The van der Waals surface area contributed by atoms with Gasteiger partial charge in [-0.2, -0.15) is 9.62 Å². The van der Waals surface area contributed by atoms with Crippen LogP contribution in [0, 0.1) is 0 Å². The molecule has 2 aromatic heterocycles. The Morgan fingerprint density at radius 1 is 1.27 bits per heavy atom. The molecule has 0 radical (unpaired) electrons. The van der Waals surface area contributed by atoms with Crippen molar-refractivity contribution in [2.45, 2.75) is 0 Å². The molecule has 0 saturated heterocycles. The SMILES string of the molecule is COc1cc(C=NNc2nn3cnnc3c3ccccc23)cc(Br)c1O. The second-order valence-electron chi connectivity index (χ2n) is 5.42. The van der Waals surface area contributed by atoms with E-state index < -0.39 is 0 Å². The first-order valence-corrected chi connectivity index (χ1v) is 8.41. The third-order valence-electron chi connectivity index (χ3n) is 3.82. The zero-order chi connectivity index (χ0) is 18.1. The zero-order valence-corrected chi connectivity index (χ0v) is 15.2. The molecule has 0 bridgehead atoms. The molecular formula is C17H13BrN6O2. The second-order valence-corrected chi connectivity index (χ2v) is 6.27. The summed E-state index contributed by atoms with van der Waals surface area (Å²) in [7, 11) is 1.49. The maximum atomic E-state index is 9.87. The van der Waals surface area contributed by atoms with Crippen LogP contribution in [0.1, 0.15) is 5.56 Å². The number of methoxy groups -OCH3 is 1. The summed E-state index contributed by atoms with van der Waals surface area (Å²) in [6.45, 7) is 0. The first-order valence-electron chi connectivity index (χ1n) is 7.61. The number of nitrogens with one attached hydrogen (secondary N) is 1. The van der Waals surface area contributed by atoms with Gasteiger partial charge in [0.1, 0.15) is 6.33 Å². The van der Waals surface area contributed by atoms with Gasteiger partial charge in [0.15, 0.2) is 23.0 Å². The summed E-state index contributed by atoms with van der Waals surface area (Å²) in [6.07, 6.45) is 3.15. The molecule has 0 aliphatic rings. The van der Waals surface area contributed by atoms with E-state index in [-0.39, 0.29) is 5.75 Å². The highest BCUT2D eigenvalue weighted by molar-refractivity contribution is 9.10. The van der Waals surface area contributed by atoms with Gasteiger partial charge >= 0.3 is 0 Å². The smallest absolute Gasteiger partial charge is 0.185 e. The summed E-state index contributed by atoms with van der Waals surface area (Å²) in [5.41, 5.74) is 4.38.